The van der Waals surface area contributed by atoms with Crippen LogP contribution in [0.25, 0.3) is 0 Å². The van der Waals surface area contributed by atoms with Crippen LogP contribution in [0.1, 0.15) is 15.2 Å². The molecule has 0 bridgehead atoms. The second-order valence-electron chi connectivity index (χ2n) is 5.69. The van der Waals surface area contributed by atoms with Gasteiger partial charge in [0.2, 0.25) is 5.91 Å². The lowest BCUT2D eigenvalue weighted by Gasteiger charge is -2.18. The monoisotopic (exact) mass is 368 g/mol. The third-order valence-electron chi connectivity index (χ3n) is 3.74. The van der Waals surface area contributed by atoms with E-state index in [0.717, 1.165) is 5.56 Å². The molecule has 0 aliphatic heterocycles. The first-order chi connectivity index (χ1) is 12.6. The second-order valence-corrected chi connectivity index (χ2v) is 6.64. The minimum atomic E-state index is -0.782. The van der Waals surface area contributed by atoms with E-state index in [0.29, 0.717) is 17.0 Å². The van der Waals surface area contributed by atoms with Gasteiger partial charge in [0.1, 0.15) is 11.9 Å². The minimum absolute atomic E-state index is 0.310. The van der Waals surface area contributed by atoms with E-state index >= 15 is 0 Å². The molecule has 1 unspecified atom stereocenters. The molecule has 0 saturated carbocycles. The molecule has 0 radical (unpaired) electrons. The Morgan fingerprint density at radius 3 is 2.50 bits per heavy atom. The summed E-state index contributed by atoms with van der Waals surface area (Å²) in [7, 11) is 0. The number of hydrogen-bond donors (Lipinski definition) is 2. The lowest BCUT2D eigenvalue weighted by Crippen LogP contribution is -2.45. The summed E-state index contributed by atoms with van der Waals surface area (Å²) in [6.07, 6.45) is 0.332. The van der Waals surface area contributed by atoms with Gasteiger partial charge in [0.25, 0.3) is 5.91 Å². The fraction of sp³-hybridized carbons (Fsp3) is 0.100. The van der Waals surface area contributed by atoms with Gasteiger partial charge < -0.3 is 10.6 Å². The van der Waals surface area contributed by atoms with E-state index in [1.54, 1.807) is 23.6 Å². The Bertz CT molecular complexity index is 882. The number of rotatable bonds is 6. The molecule has 0 aliphatic carbocycles. The average molecular weight is 368 g/mol. The summed E-state index contributed by atoms with van der Waals surface area (Å²) < 4.78 is 13.3. The van der Waals surface area contributed by atoms with Crippen LogP contribution >= 0.6 is 11.3 Å². The Hall–Kier alpha value is -2.99. The highest BCUT2D eigenvalue weighted by Crippen LogP contribution is 2.13. The maximum absolute atomic E-state index is 13.3. The molecule has 4 nitrogen and oxygen atoms in total. The molecule has 2 aromatic carbocycles. The van der Waals surface area contributed by atoms with Crippen molar-refractivity contribution in [1.82, 2.24) is 5.32 Å². The van der Waals surface area contributed by atoms with Crippen LogP contribution in [0.15, 0.2) is 72.1 Å². The highest BCUT2D eigenvalue weighted by atomic mass is 32.1. The quantitative estimate of drug-likeness (QED) is 0.694. The van der Waals surface area contributed by atoms with Gasteiger partial charge in [-0.05, 0) is 35.2 Å². The van der Waals surface area contributed by atoms with Crippen molar-refractivity contribution < 1.29 is 14.0 Å². The fourth-order valence-corrected chi connectivity index (χ4v) is 3.12. The number of benzene rings is 2. The van der Waals surface area contributed by atoms with Crippen molar-refractivity contribution in [3.63, 3.8) is 0 Å². The van der Waals surface area contributed by atoms with E-state index in [9.17, 15) is 14.0 Å². The molecule has 1 atom stereocenters. The summed E-state index contributed by atoms with van der Waals surface area (Å²) >= 11 is 1.30. The molecule has 0 spiro atoms. The van der Waals surface area contributed by atoms with E-state index in [-0.39, 0.29) is 5.91 Å². The van der Waals surface area contributed by atoms with Crippen LogP contribution in [0.4, 0.5) is 10.1 Å². The average Bonchev–Trinajstić information content (AvgIpc) is 3.17. The highest BCUT2D eigenvalue weighted by molar-refractivity contribution is 7.12. The van der Waals surface area contributed by atoms with Crippen molar-refractivity contribution in [3.05, 3.63) is 88.4 Å². The van der Waals surface area contributed by atoms with E-state index in [1.807, 2.05) is 30.3 Å². The molecule has 0 saturated heterocycles. The number of hydrogen-bond acceptors (Lipinski definition) is 3. The van der Waals surface area contributed by atoms with E-state index in [4.69, 9.17) is 0 Å². The van der Waals surface area contributed by atoms with Crippen molar-refractivity contribution in [3.8, 4) is 0 Å². The maximum atomic E-state index is 13.3. The number of halogens is 1. The molecule has 2 N–H and O–H groups in total. The van der Waals surface area contributed by atoms with E-state index < -0.39 is 17.8 Å². The zero-order valence-electron chi connectivity index (χ0n) is 13.8. The molecule has 26 heavy (non-hydrogen) atoms. The number of carbonyl (C=O) groups is 2. The van der Waals surface area contributed by atoms with Crippen LogP contribution in [0.5, 0.6) is 0 Å². The summed E-state index contributed by atoms with van der Waals surface area (Å²) in [5.41, 5.74) is 1.26. The Kier molecular flexibility index (Phi) is 5.76. The third-order valence-corrected chi connectivity index (χ3v) is 4.61. The molecule has 0 aliphatic rings. The largest absolute Gasteiger partial charge is 0.339 e. The molecule has 3 aromatic rings. The predicted octanol–water partition coefficient (Wildman–Crippen LogP) is 3.87. The molecule has 1 aromatic heterocycles. The molecular weight excluding hydrogens is 351 g/mol. The lowest BCUT2D eigenvalue weighted by atomic mass is 10.0. The van der Waals surface area contributed by atoms with Gasteiger partial charge in [-0.2, -0.15) is 0 Å². The van der Waals surface area contributed by atoms with Crippen molar-refractivity contribution in [2.75, 3.05) is 5.32 Å². The number of carbonyl (C=O) groups excluding carboxylic acids is 2. The summed E-state index contributed by atoms with van der Waals surface area (Å²) in [5.74, 6) is -1.15. The van der Waals surface area contributed by atoms with E-state index in [2.05, 4.69) is 10.6 Å². The van der Waals surface area contributed by atoms with Gasteiger partial charge in [-0.15, -0.1) is 11.3 Å². The molecule has 0 fully saturated rings. The highest BCUT2D eigenvalue weighted by Gasteiger charge is 2.22. The van der Waals surface area contributed by atoms with E-state index in [1.165, 1.54) is 29.5 Å². The molecule has 6 heteroatoms. The Morgan fingerprint density at radius 1 is 1.00 bits per heavy atom. The first kappa shape index (κ1) is 17.8. The van der Waals surface area contributed by atoms with Crippen molar-refractivity contribution in [2.24, 2.45) is 0 Å². The van der Waals surface area contributed by atoms with Crippen LogP contribution in [0.2, 0.25) is 0 Å². The van der Waals surface area contributed by atoms with Crippen LogP contribution in [-0.4, -0.2) is 17.9 Å². The summed E-state index contributed by atoms with van der Waals surface area (Å²) in [6.45, 7) is 0. The Labute approximate surface area is 154 Å². The van der Waals surface area contributed by atoms with Crippen LogP contribution in [0, 0.1) is 5.82 Å². The van der Waals surface area contributed by atoms with Gasteiger partial charge in [-0.25, -0.2) is 4.39 Å². The normalized spacial score (nSPS) is 11.6. The van der Waals surface area contributed by atoms with Gasteiger partial charge in [-0.3, -0.25) is 9.59 Å². The van der Waals surface area contributed by atoms with Crippen molar-refractivity contribution in [2.45, 2.75) is 12.5 Å². The third kappa shape index (κ3) is 4.77. The number of amides is 2. The standard InChI is InChI=1S/C20H17FN2O2S/c21-15-8-4-9-16(13-15)22-19(24)17(12-14-6-2-1-3-7-14)23-20(25)18-10-5-11-26-18/h1-11,13,17H,12H2,(H,22,24)(H,23,25). The van der Waals surface area contributed by atoms with Gasteiger partial charge >= 0.3 is 0 Å². The minimum Gasteiger partial charge on any atom is -0.339 e. The topological polar surface area (TPSA) is 58.2 Å². The second kappa shape index (κ2) is 8.40. The zero-order chi connectivity index (χ0) is 18.4. The maximum Gasteiger partial charge on any atom is 0.262 e. The predicted molar refractivity (Wildman–Crippen MR) is 101 cm³/mol. The number of thiophene rings is 1. The summed E-state index contributed by atoms with van der Waals surface area (Å²) in [6, 6.07) is 17.8. The van der Waals surface area contributed by atoms with Crippen LogP contribution < -0.4 is 10.6 Å². The summed E-state index contributed by atoms with van der Waals surface area (Å²) in [5, 5.41) is 7.23. The number of anilines is 1. The molecule has 3 rings (SSSR count). The molecule has 2 amide bonds. The zero-order valence-corrected chi connectivity index (χ0v) is 14.6. The Balaban J connectivity index is 1.77. The first-order valence-electron chi connectivity index (χ1n) is 8.06. The molecule has 132 valence electrons. The summed E-state index contributed by atoms with van der Waals surface area (Å²) in [4.78, 5) is 25.6. The molecule has 1 heterocycles. The lowest BCUT2D eigenvalue weighted by molar-refractivity contribution is -0.118. The number of nitrogens with one attached hydrogen (secondary N) is 2. The van der Waals surface area contributed by atoms with Crippen LogP contribution in [0.3, 0.4) is 0 Å². The van der Waals surface area contributed by atoms with Crippen molar-refractivity contribution in [1.29, 1.82) is 0 Å². The van der Waals surface area contributed by atoms with Gasteiger partial charge in [0, 0.05) is 12.1 Å². The molecular formula is C20H17FN2O2S. The Morgan fingerprint density at radius 2 is 1.81 bits per heavy atom. The van der Waals surface area contributed by atoms with Gasteiger partial charge in [0.05, 0.1) is 4.88 Å². The SMILES string of the molecule is O=C(NC(Cc1ccccc1)C(=O)Nc1cccc(F)c1)c1cccs1. The van der Waals surface area contributed by atoms with Gasteiger partial charge in [0.15, 0.2) is 0 Å². The fourth-order valence-electron chi connectivity index (χ4n) is 2.49. The smallest absolute Gasteiger partial charge is 0.262 e. The van der Waals surface area contributed by atoms with Gasteiger partial charge in [-0.1, -0.05) is 42.5 Å². The van der Waals surface area contributed by atoms with Crippen LogP contribution in [-0.2, 0) is 11.2 Å². The first-order valence-corrected chi connectivity index (χ1v) is 8.94. The van der Waals surface area contributed by atoms with Crippen molar-refractivity contribution >= 4 is 28.8 Å².